The summed E-state index contributed by atoms with van der Waals surface area (Å²) in [6.45, 7) is 4.80. The highest BCUT2D eigenvalue weighted by molar-refractivity contribution is 6.01. The lowest BCUT2D eigenvalue weighted by atomic mass is 9.43. The molecule has 0 radical (unpaired) electrons. The molecule has 1 unspecified atom stereocenters. The second-order valence-electron chi connectivity index (χ2n) is 13.6. The maximum Gasteiger partial charge on any atom is 0.338 e. The summed E-state index contributed by atoms with van der Waals surface area (Å²) in [6, 6.07) is 2.43. The molecule has 1 aliphatic heterocycles. The quantitative estimate of drug-likeness (QED) is 0.396. The number of alkyl halides is 1. The van der Waals surface area contributed by atoms with Crippen LogP contribution in [-0.2, 0) is 23.9 Å². The SMILES string of the molecule is CC(C)[C@H](N)C(=O)Nc1cc(C(=O)OCC(=O)[C@@]23CCC4[C@@H]5CCC6=CC(=O)C=C[C@]6(C)[C@@]5(F)[C@@H](O)C[C@@]42CO3)ccc1F. The van der Waals surface area contributed by atoms with Crippen LogP contribution in [0.3, 0.4) is 0 Å². The number of ether oxygens (including phenoxy) is 2. The Labute approximate surface area is 254 Å². The Morgan fingerprint density at radius 3 is 2.66 bits per heavy atom. The third-order valence-electron chi connectivity index (χ3n) is 11.3. The first-order chi connectivity index (χ1) is 20.7. The minimum Gasteiger partial charge on any atom is -0.454 e. The number of carbonyl (C=O) groups is 4. The number of esters is 1. The van der Waals surface area contributed by atoms with Crippen molar-refractivity contribution < 1.29 is 42.5 Å². The number of aliphatic hydroxyl groups is 1. The number of amides is 1. The molecule has 9 nitrogen and oxygen atoms in total. The zero-order valence-electron chi connectivity index (χ0n) is 25.0. The molecule has 5 aliphatic rings. The second kappa shape index (κ2) is 10.4. The Morgan fingerprint density at radius 2 is 1.98 bits per heavy atom. The number of halogens is 2. The smallest absolute Gasteiger partial charge is 0.338 e. The molecule has 8 atom stereocenters. The molecule has 0 aromatic heterocycles. The fourth-order valence-electron chi connectivity index (χ4n) is 8.77. The topological polar surface area (TPSA) is 145 Å². The number of allylic oxidation sites excluding steroid dienone is 4. The molecule has 1 aromatic rings. The van der Waals surface area contributed by atoms with Gasteiger partial charge in [-0.05, 0) is 81.2 Å². The maximum atomic E-state index is 17.3. The number of hydrogen-bond donors (Lipinski definition) is 3. The zero-order valence-corrected chi connectivity index (χ0v) is 25.0. The van der Waals surface area contributed by atoms with E-state index in [1.807, 2.05) is 0 Å². The molecule has 1 heterocycles. The number of nitrogens with two attached hydrogens (primary N) is 1. The molecule has 4 fully saturated rings. The van der Waals surface area contributed by atoms with Crippen LogP contribution >= 0.6 is 0 Å². The third kappa shape index (κ3) is 4.11. The van der Waals surface area contributed by atoms with Gasteiger partial charge in [0.05, 0.1) is 30.0 Å². The standard InChI is InChI=1S/C33H38F2N2O7/c1-17(2)27(36)28(41)37-24-12-18(4-7-23(24)34)29(42)43-15-26(40)32-11-9-21-22-6-5-19-13-20(38)8-10-30(19,3)33(22,35)25(39)14-31(21,32)16-44-32/h4,7-8,10,12-13,17,21-22,25,27,39H,5-6,9,11,14-16,36H2,1-3H3,(H,37,41)/t21?,22-,25-,27-,30-,31+,32-,33-/m0/s1. The van der Waals surface area contributed by atoms with Gasteiger partial charge < -0.3 is 25.6 Å². The Bertz CT molecular complexity index is 1510. The van der Waals surface area contributed by atoms with Gasteiger partial charge in [0.2, 0.25) is 11.7 Å². The molecule has 44 heavy (non-hydrogen) atoms. The Hall–Kier alpha value is -3.28. The van der Waals surface area contributed by atoms with Gasteiger partial charge >= 0.3 is 5.97 Å². The fraction of sp³-hybridized carbons (Fsp3) is 0.576. The van der Waals surface area contributed by atoms with Crippen molar-refractivity contribution in [1.29, 1.82) is 0 Å². The van der Waals surface area contributed by atoms with Crippen molar-refractivity contribution in [2.75, 3.05) is 18.5 Å². The molecule has 3 saturated carbocycles. The summed E-state index contributed by atoms with van der Waals surface area (Å²) >= 11 is 0. The Balaban J connectivity index is 1.18. The number of benzene rings is 1. The highest BCUT2D eigenvalue weighted by Crippen LogP contribution is 2.73. The molecular weight excluding hydrogens is 574 g/mol. The summed E-state index contributed by atoms with van der Waals surface area (Å²) < 4.78 is 43.0. The minimum atomic E-state index is -2.01. The van der Waals surface area contributed by atoms with E-state index < -0.39 is 70.2 Å². The molecule has 1 aromatic carbocycles. The van der Waals surface area contributed by atoms with Crippen molar-refractivity contribution in [1.82, 2.24) is 0 Å². The molecule has 0 bridgehead atoms. The van der Waals surface area contributed by atoms with Crippen molar-refractivity contribution in [3.05, 3.63) is 53.4 Å². The van der Waals surface area contributed by atoms with Gasteiger partial charge in [-0.15, -0.1) is 0 Å². The Morgan fingerprint density at radius 1 is 1.23 bits per heavy atom. The van der Waals surface area contributed by atoms with Gasteiger partial charge in [0.15, 0.2) is 18.1 Å². The largest absolute Gasteiger partial charge is 0.454 e. The molecule has 6 rings (SSSR count). The normalized spacial score (nSPS) is 37.5. The summed E-state index contributed by atoms with van der Waals surface area (Å²) in [6.07, 6.45) is 4.83. The number of hydrogen-bond acceptors (Lipinski definition) is 8. The first-order valence-corrected chi connectivity index (χ1v) is 15.2. The summed E-state index contributed by atoms with van der Waals surface area (Å²) in [5, 5.41) is 13.9. The van der Waals surface area contributed by atoms with Crippen LogP contribution in [0.4, 0.5) is 14.5 Å². The number of Topliss-reactive ketones (excluding diaryl/α,β-unsaturated/α-hetero) is 1. The molecular formula is C33H38F2N2O7. The van der Waals surface area contributed by atoms with Crippen LogP contribution in [0.25, 0.3) is 0 Å². The van der Waals surface area contributed by atoms with E-state index >= 15 is 4.39 Å². The maximum absolute atomic E-state index is 17.3. The number of carbonyl (C=O) groups excluding carboxylic acids is 4. The molecule has 1 saturated heterocycles. The number of nitrogens with one attached hydrogen (secondary N) is 1. The molecule has 4 N–H and O–H groups in total. The van der Waals surface area contributed by atoms with Gasteiger partial charge in [0.25, 0.3) is 0 Å². The number of rotatable bonds is 7. The van der Waals surface area contributed by atoms with E-state index in [1.165, 1.54) is 18.2 Å². The fourth-order valence-corrected chi connectivity index (χ4v) is 8.77. The summed E-state index contributed by atoms with van der Waals surface area (Å²) in [5.41, 5.74) is 0.937. The van der Waals surface area contributed by atoms with Crippen molar-refractivity contribution >= 4 is 29.1 Å². The molecule has 11 heteroatoms. The predicted molar refractivity (Wildman–Crippen MR) is 154 cm³/mol. The van der Waals surface area contributed by atoms with Gasteiger partial charge in [-0.1, -0.05) is 25.5 Å². The molecule has 1 spiro atoms. The van der Waals surface area contributed by atoms with Gasteiger partial charge in [0, 0.05) is 16.7 Å². The van der Waals surface area contributed by atoms with Crippen LogP contribution in [0.5, 0.6) is 0 Å². The number of ketones is 2. The van der Waals surface area contributed by atoms with E-state index in [9.17, 15) is 28.7 Å². The predicted octanol–water partition coefficient (Wildman–Crippen LogP) is 3.59. The van der Waals surface area contributed by atoms with Crippen molar-refractivity contribution in [3.8, 4) is 0 Å². The van der Waals surface area contributed by atoms with E-state index in [0.717, 1.165) is 12.1 Å². The van der Waals surface area contributed by atoms with Crippen LogP contribution in [0, 0.1) is 34.4 Å². The highest BCUT2D eigenvalue weighted by Gasteiger charge is 2.79. The lowest BCUT2D eigenvalue weighted by Gasteiger charge is -2.66. The van der Waals surface area contributed by atoms with Crippen LogP contribution < -0.4 is 11.1 Å². The van der Waals surface area contributed by atoms with Crippen LogP contribution in [0.15, 0.2) is 42.0 Å². The number of anilines is 1. The average molecular weight is 613 g/mol. The summed E-state index contributed by atoms with van der Waals surface area (Å²) in [4.78, 5) is 51.0. The van der Waals surface area contributed by atoms with Gasteiger partial charge in [-0.3, -0.25) is 14.4 Å². The van der Waals surface area contributed by atoms with E-state index in [4.69, 9.17) is 15.2 Å². The third-order valence-corrected chi connectivity index (χ3v) is 11.3. The van der Waals surface area contributed by atoms with Crippen LogP contribution in [-0.4, -0.2) is 65.2 Å². The molecule has 4 aliphatic carbocycles. The zero-order chi connectivity index (χ0) is 31.8. The monoisotopic (exact) mass is 612 g/mol. The lowest BCUT2D eigenvalue weighted by Crippen LogP contribution is -2.75. The van der Waals surface area contributed by atoms with E-state index in [2.05, 4.69) is 5.32 Å². The van der Waals surface area contributed by atoms with Crippen molar-refractivity contribution in [2.45, 2.75) is 76.3 Å². The average Bonchev–Trinajstić information content (AvgIpc) is 3.19. The number of fused-ring (bicyclic) bond motifs is 4. The summed E-state index contributed by atoms with van der Waals surface area (Å²) in [5.74, 6) is -3.92. The first-order valence-electron chi connectivity index (χ1n) is 15.2. The number of aliphatic hydroxyl groups excluding tert-OH is 1. The lowest BCUT2D eigenvalue weighted by molar-refractivity contribution is -0.303. The van der Waals surface area contributed by atoms with E-state index in [-0.39, 0.29) is 41.9 Å². The van der Waals surface area contributed by atoms with Gasteiger partial charge in [-0.25, -0.2) is 13.6 Å². The minimum absolute atomic E-state index is 0.00848. The van der Waals surface area contributed by atoms with Gasteiger partial charge in [0.1, 0.15) is 11.4 Å². The highest BCUT2D eigenvalue weighted by atomic mass is 19.1. The van der Waals surface area contributed by atoms with E-state index in [1.54, 1.807) is 26.8 Å². The van der Waals surface area contributed by atoms with Crippen LogP contribution in [0.1, 0.15) is 63.2 Å². The Kier molecular flexibility index (Phi) is 7.25. The first kappa shape index (κ1) is 30.7. The van der Waals surface area contributed by atoms with Crippen molar-refractivity contribution in [2.24, 2.45) is 34.3 Å². The van der Waals surface area contributed by atoms with Crippen LogP contribution in [0.2, 0.25) is 0 Å². The van der Waals surface area contributed by atoms with Gasteiger partial charge in [-0.2, -0.15) is 0 Å². The van der Waals surface area contributed by atoms with E-state index in [0.29, 0.717) is 31.3 Å². The summed E-state index contributed by atoms with van der Waals surface area (Å²) in [7, 11) is 0. The molecule has 236 valence electrons. The van der Waals surface area contributed by atoms with Crippen molar-refractivity contribution in [3.63, 3.8) is 0 Å². The molecule has 1 amide bonds. The second-order valence-corrected chi connectivity index (χ2v) is 13.6.